The van der Waals surface area contributed by atoms with Crippen molar-refractivity contribution in [1.29, 1.82) is 5.26 Å². The maximum Gasteiger partial charge on any atom is 0.124 e. The van der Waals surface area contributed by atoms with Gasteiger partial charge >= 0.3 is 0 Å². The molecule has 2 aromatic carbocycles. The van der Waals surface area contributed by atoms with Gasteiger partial charge in [-0.3, -0.25) is 0 Å². The van der Waals surface area contributed by atoms with Crippen molar-refractivity contribution in [3.05, 3.63) is 59.4 Å². The Bertz CT molecular complexity index is 587. The molecule has 0 fully saturated rings. The molecule has 17 heavy (non-hydrogen) atoms. The van der Waals surface area contributed by atoms with Gasteiger partial charge < -0.3 is 0 Å². The molecule has 0 spiro atoms. The van der Waals surface area contributed by atoms with Crippen molar-refractivity contribution in [3.8, 4) is 6.07 Å². The molecule has 0 heterocycles. The molecular weight excluding hydrogens is 233 g/mol. The van der Waals surface area contributed by atoms with Crippen LogP contribution in [-0.2, 0) is 0 Å². The zero-order valence-electron chi connectivity index (χ0n) is 9.27. The van der Waals surface area contributed by atoms with Gasteiger partial charge in [-0.1, -0.05) is 23.9 Å². The number of rotatable bonds is 2. The summed E-state index contributed by atoms with van der Waals surface area (Å²) in [5.74, 6) is -0.263. The average Bonchev–Trinajstić information content (AvgIpc) is 2.31. The van der Waals surface area contributed by atoms with Gasteiger partial charge in [-0.05, 0) is 42.8 Å². The highest BCUT2D eigenvalue weighted by atomic mass is 32.2. The van der Waals surface area contributed by atoms with E-state index in [1.54, 1.807) is 6.07 Å². The van der Waals surface area contributed by atoms with Gasteiger partial charge in [0.25, 0.3) is 0 Å². The Morgan fingerprint density at radius 2 is 2.00 bits per heavy atom. The average molecular weight is 243 g/mol. The van der Waals surface area contributed by atoms with E-state index >= 15 is 0 Å². The zero-order valence-corrected chi connectivity index (χ0v) is 10.1. The summed E-state index contributed by atoms with van der Waals surface area (Å²) in [7, 11) is 0. The first kappa shape index (κ1) is 11.7. The van der Waals surface area contributed by atoms with Crippen molar-refractivity contribution in [2.75, 3.05) is 0 Å². The molecule has 84 valence electrons. The Hall–Kier alpha value is -1.79. The van der Waals surface area contributed by atoms with Crippen LogP contribution in [0.3, 0.4) is 0 Å². The Labute approximate surface area is 104 Å². The van der Waals surface area contributed by atoms with Crippen LogP contribution >= 0.6 is 11.8 Å². The van der Waals surface area contributed by atoms with E-state index in [1.807, 2.05) is 31.2 Å². The van der Waals surface area contributed by atoms with Gasteiger partial charge in [0.1, 0.15) is 11.9 Å². The molecule has 2 rings (SSSR count). The van der Waals surface area contributed by atoms with Crippen LogP contribution in [0.2, 0.25) is 0 Å². The van der Waals surface area contributed by atoms with Gasteiger partial charge in [0.05, 0.1) is 5.56 Å². The van der Waals surface area contributed by atoms with Crippen molar-refractivity contribution in [1.82, 2.24) is 0 Å². The first-order chi connectivity index (χ1) is 8.19. The van der Waals surface area contributed by atoms with Gasteiger partial charge in [0, 0.05) is 9.79 Å². The fourth-order valence-electron chi connectivity index (χ4n) is 1.48. The lowest BCUT2D eigenvalue weighted by Crippen LogP contribution is -1.83. The maximum absolute atomic E-state index is 13.0. The molecule has 0 aliphatic heterocycles. The summed E-state index contributed by atoms with van der Waals surface area (Å²) in [5, 5.41) is 9.04. The second-order valence-corrected chi connectivity index (χ2v) is 4.79. The number of hydrogen-bond acceptors (Lipinski definition) is 2. The lowest BCUT2D eigenvalue weighted by Gasteiger charge is -2.04. The molecule has 0 aliphatic rings. The predicted molar refractivity (Wildman–Crippen MR) is 66.4 cm³/mol. The van der Waals surface area contributed by atoms with E-state index in [1.165, 1.54) is 23.9 Å². The van der Waals surface area contributed by atoms with Crippen LogP contribution in [0.4, 0.5) is 4.39 Å². The summed E-state index contributed by atoms with van der Waals surface area (Å²) < 4.78 is 13.0. The second kappa shape index (κ2) is 5.03. The number of aryl methyl sites for hydroxylation is 1. The minimum atomic E-state index is -0.263. The normalized spacial score (nSPS) is 9.94. The van der Waals surface area contributed by atoms with Gasteiger partial charge in [-0.25, -0.2) is 4.39 Å². The molecule has 0 atom stereocenters. The lowest BCUT2D eigenvalue weighted by molar-refractivity contribution is 0.624. The standard InChI is InChI=1S/C14H10FNS/c1-10-5-6-14(11(7-10)9-16)17-13-4-2-3-12(15)8-13/h2-8H,1H3. The molecule has 0 amide bonds. The number of nitriles is 1. The molecule has 0 saturated carbocycles. The lowest BCUT2D eigenvalue weighted by atomic mass is 10.2. The van der Waals surface area contributed by atoms with Crippen LogP contribution < -0.4 is 0 Å². The summed E-state index contributed by atoms with van der Waals surface area (Å²) in [6.07, 6.45) is 0. The van der Waals surface area contributed by atoms with E-state index in [0.29, 0.717) is 5.56 Å². The van der Waals surface area contributed by atoms with Crippen LogP contribution in [0.1, 0.15) is 11.1 Å². The molecule has 0 aromatic heterocycles. The first-order valence-corrected chi connectivity index (χ1v) is 5.95. The van der Waals surface area contributed by atoms with Crippen LogP contribution in [-0.4, -0.2) is 0 Å². The number of hydrogen-bond donors (Lipinski definition) is 0. The fourth-order valence-corrected chi connectivity index (χ4v) is 2.40. The molecule has 0 unspecified atom stereocenters. The topological polar surface area (TPSA) is 23.8 Å². The minimum Gasteiger partial charge on any atom is -0.207 e. The molecule has 1 nitrogen and oxygen atoms in total. The Kier molecular flexibility index (Phi) is 3.46. The Morgan fingerprint density at radius 3 is 2.71 bits per heavy atom. The molecule has 0 saturated heterocycles. The fraction of sp³-hybridized carbons (Fsp3) is 0.0714. The predicted octanol–water partition coefficient (Wildman–Crippen LogP) is 4.16. The summed E-state index contributed by atoms with van der Waals surface area (Å²) in [6.45, 7) is 1.94. The zero-order chi connectivity index (χ0) is 12.3. The monoisotopic (exact) mass is 243 g/mol. The largest absolute Gasteiger partial charge is 0.207 e. The highest BCUT2D eigenvalue weighted by Gasteiger charge is 2.05. The molecule has 0 radical (unpaired) electrons. The van der Waals surface area contributed by atoms with Crippen LogP contribution in [0.25, 0.3) is 0 Å². The maximum atomic E-state index is 13.0. The van der Waals surface area contributed by atoms with Crippen LogP contribution in [0, 0.1) is 24.1 Å². The van der Waals surface area contributed by atoms with Crippen molar-refractivity contribution in [3.63, 3.8) is 0 Å². The highest BCUT2D eigenvalue weighted by Crippen LogP contribution is 2.30. The SMILES string of the molecule is Cc1ccc(Sc2cccc(F)c2)c(C#N)c1. The third-order valence-electron chi connectivity index (χ3n) is 2.28. The summed E-state index contributed by atoms with van der Waals surface area (Å²) in [4.78, 5) is 1.65. The number of nitrogens with zero attached hydrogens (tertiary/aromatic N) is 1. The molecular formula is C14H10FNS. The Morgan fingerprint density at radius 1 is 1.18 bits per heavy atom. The van der Waals surface area contributed by atoms with Crippen molar-refractivity contribution < 1.29 is 4.39 Å². The van der Waals surface area contributed by atoms with Crippen molar-refractivity contribution in [2.24, 2.45) is 0 Å². The Balaban J connectivity index is 2.34. The molecule has 0 aliphatic carbocycles. The summed E-state index contributed by atoms with van der Waals surface area (Å²) >= 11 is 1.40. The van der Waals surface area contributed by atoms with Gasteiger partial charge in [-0.15, -0.1) is 0 Å². The van der Waals surface area contributed by atoms with E-state index in [9.17, 15) is 4.39 Å². The molecule has 2 aromatic rings. The van der Waals surface area contributed by atoms with Crippen molar-refractivity contribution in [2.45, 2.75) is 16.7 Å². The summed E-state index contributed by atoms with van der Waals surface area (Å²) in [6, 6.07) is 14.2. The van der Waals surface area contributed by atoms with E-state index in [4.69, 9.17) is 5.26 Å². The smallest absolute Gasteiger partial charge is 0.124 e. The van der Waals surface area contributed by atoms with Gasteiger partial charge in [0.2, 0.25) is 0 Å². The molecule has 0 bridgehead atoms. The number of halogens is 1. The van der Waals surface area contributed by atoms with E-state index in [0.717, 1.165) is 15.4 Å². The van der Waals surface area contributed by atoms with E-state index in [2.05, 4.69) is 6.07 Å². The van der Waals surface area contributed by atoms with Gasteiger partial charge in [0.15, 0.2) is 0 Å². The third kappa shape index (κ3) is 2.86. The van der Waals surface area contributed by atoms with Crippen molar-refractivity contribution >= 4 is 11.8 Å². The molecule has 0 N–H and O–H groups in total. The van der Waals surface area contributed by atoms with Crippen LogP contribution in [0.5, 0.6) is 0 Å². The third-order valence-corrected chi connectivity index (χ3v) is 3.34. The second-order valence-electron chi connectivity index (χ2n) is 3.67. The van der Waals surface area contributed by atoms with E-state index < -0.39 is 0 Å². The van der Waals surface area contributed by atoms with E-state index in [-0.39, 0.29) is 5.82 Å². The molecule has 3 heteroatoms. The quantitative estimate of drug-likeness (QED) is 0.790. The first-order valence-electron chi connectivity index (χ1n) is 5.13. The highest BCUT2D eigenvalue weighted by molar-refractivity contribution is 7.99. The summed E-state index contributed by atoms with van der Waals surface area (Å²) in [5.41, 5.74) is 1.67. The van der Waals surface area contributed by atoms with Gasteiger partial charge in [-0.2, -0.15) is 5.26 Å². The number of benzene rings is 2. The minimum absolute atomic E-state index is 0.263. The van der Waals surface area contributed by atoms with Crippen LogP contribution in [0.15, 0.2) is 52.3 Å².